The Bertz CT molecular complexity index is 486. The van der Waals surface area contributed by atoms with Gasteiger partial charge in [-0.05, 0) is 18.4 Å². The van der Waals surface area contributed by atoms with Crippen LogP contribution in [0.5, 0.6) is 0 Å². The standard InChI is InChI=1S/C12H16NO5P/c14-12(15)11(9-5-2-1-3-6-9)13-19(16,17)10-7-4-8-18-10/h1-3,5-6,10-11H,4,7-8H2,(H,14,15)(H2,13,16,17). The van der Waals surface area contributed by atoms with Crippen molar-refractivity contribution in [1.82, 2.24) is 5.09 Å². The number of ether oxygens (including phenoxy) is 1. The Kier molecular flexibility index (Phi) is 4.37. The highest BCUT2D eigenvalue weighted by Crippen LogP contribution is 2.48. The van der Waals surface area contributed by atoms with E-state index in [9.17, 15) is 19.4 Å². The number of benzene rings is 1. The van der Waals surface area contributed by atoms with E-state index in [0.29, 0.717) is 25.0 Å². The summed E-state index contributed by atoms with van der Waals surface area (Å²) in [6, 6.07) is 7.09. The Morgan fingerprint density at radius 2 is 2.11 bits per heavy atom. The monoisotopic (exact) mass is 285 g/mol. The van der Waals surface area contributed by atoms with Crippen LogP contribution < -0.4 is 5.09 Å². The zero-order valence-electron chi connectivity index (χ0n) is 10.2. The average molecular weight is 285 g/mol. The van der Waals surface area contributed by atoms with E-state index in [0.717, 1.165) is 0 Å². The Hall–Kier alpha value is -1.20. The first-order chi connectivity index (χ1) is 9.00. The van der Waals surface area contributed by atoms with Crippen LogP contribution in [-0.2, 0) is 14.1 Å². The second-order valence-corrected chi connectivity index (χ2v) is 6.48. The molecule has 1 heterocycles. The SMILES string of the molecule is O=C(O)C(NP(=O)(O)C1CCCO1)c1ccccc1. The molecule has 0 spiro atoms. The van der Waals surface area contributed by atoms with Crippen molar-refractivity contribution in [2.24, 2.45) is 0 Å². The maximum absolute atomic E-state index is 12.2. The van der Waals surface area contributed by atoms with E-state index >= 15 is 0 Å². The average Bonchev–Trinajstić information content (AvgIpc) is 2.91. The molecule has 19 heavy (non-hydrogen) atoms. The minimum atomic E-state index is -3.87. The summed E-state index contributed by atoms with van der Waals surface area (Å²) in [6.45, 7) is 0.431. The molecule has 1 saturated heterocycles. The molecule has 0 aromatic heterocycles. The first kappa shape index (κ1) is 14.2. The fourth-order valence-electron chi connectivity index (χ4n) is 2.02. The quantitative estimate of drug-likeness (QED) is 0.713. The number of hydrogen-bond donors (Lipinski definition) is 3. The summed E-state index contributed by atoms with van der Waals surface area (Å²) in [7, 11) is -3.87. The molecule has 3 atom stereocenters. The molecule has 1 aromatic carbocycles. The van der Waals surface area contributed by atoms with E-state index in [-0.39, 0.29) is 0 Å². The van der Waals surface area contributed by atoms with Crippen molar-refractivity contribution >= 4 is 13.5 Å². The summed E-state index contributed by atoms with van der Waals surface area (Å²) in [6.07, 6.45) is 1.17. The lowest BCUT2D eigenvalue weighted by Gasteiger charge is -2.23. The van der Waals surface area contributed by atoms with E-state index in [1.165, 1.54) is 0 Å². The maximum Gasteiger partial charge on any atom is 0.325 e. The highest BCUT2D eigenvalue weighted by atomic mass is 31.2. The normalized spacial score (nSPS) is 23.7. The van der Waals surface area contributed by atoms with Gasteiger partial charge in [-0.15, -0.1) is 0 Å². The second-order valence-electron chi connectivity index (χ2n) is 4.40. The summed E-state index contributed by atoms with van der Waals surface area (Å²) < 4.78 is 17.3. The lowest BCUT2D eigenvalue weighted by atomic mass is 10.1. The highest BCUT2D eigenvalue weighted by molar-refractivity contribution is 7.56. The summed E-state index contributed by atoms with van der Waals surface area (Å²) in [5.41, 5.74) is 0.433. The highest BCUT2D eigenvalue weighted by Gasteiger charge is 2.38. The van der Waals surface area contributed by atoms with Crippen molar-refractivity contribution in [2.75, 3.05) is 6.61 Å². The third kappa shape index (κ3) is 3.42. The van der Waals surface area contributed by atoms with Gasteiger partial charge in [-0.1, -0.05) is 30.3 Å². The Balaban J connectivity index is 2.17. The van der Waals surface area contributed by atoms with Crippen LogP contribution in [0.3, 0.4) is 0 Å². The molecule has 0 amide bonds. The number of hydrogen-bond acceptors (Lipinski definition) is 3. The van der Waals surface area contributed by atoms with Gasteiger partial charge in [-0.25, -0.2) is 5.09 Å². The smallest absolute Gasteiger partial charge is 0.325 e. The van der Waals surface area contributed by atoms with Gasteiger partial charge in [0.2, 0.25) is 0 Å². The van der Waals surface area contributed by atoms with Gasteiger partial charge < -0.3 is 14.7 Å². The van der Waals surface area contributed by atoms with E-state index < -0.39 is 25.4 Å². The van der Waals surface area contributed by atoms with Crippen molar-refractivity contribution in [3.8, 4) is 0 Å². The van der Waals surface area contributed by atoms with Crippen molar-refractivity contribution in [2.45, 2.75) is 24.7 Å². The third-order valence-electron chi connectivity index (χ3n) is 2.99. The molecule has 3 unspecified atom stereocenters. The van der Waals surface area contributed by atoms with Crippen LogP contribution in [-0.4, -0.2) is 28.4 Å². The molecule has 104 valence electrons. The van der Waals surface area contributed by atoms with E-state index in [1.807, 2.05) is 0 Å². The van der Waals surface area contributed by atoms with E-state index in [4.69, 9.17) is 4.74 Å². The number of aliphatic carboxylic acids is 1. The molecule has 3 N–H and O–H groups in total. The molecule has 0 radical (unpaired) electrons. The van der Waals surface area contributed by atoms with Gasteiger partial charge in [-0.2, -0.15) is 0 Å². The molecular formula is C12H16NO5P. The van der Waals surface area contributed by atoms with Crippen LogP contribution >= 0.6 is 7.52 Å². The van der Waals surface area contributed by atoms with Crippen molar-refractivity contribution in [3.63, 3.8) is 0 Å². The summed E-state index contributed by atoms with van der Waals surface area (Å²) in [4.78, 5) is 21.2. The number of rotatable bonds is 5. The van der Waals surface area contributed by atoms with Crippen LogP contribution in [0, 0.1) is 0 Å². The van der Waals surface area contributed by atoms with Crippen LogP contribution in [0.25, 0.3) is 0 Å². The van der Waals surface area contributed by atoms with Crippen LogP contribution in [0.15, 0.2) is 30.3 Å². The summed E-state index contributed by atoms with van der Waals surface area (Å²) in [5, 5.41) is 11.5. The van der Waals surface area contributed by atoms with Crippen LogP contribution in [0.1, 0.15) is 24.4 Å². The van der Waals surface area contributed by atoms with Gasteiger partial charge in [0.25, 0.3) is 7.52 Å². The minimum absolute atomic E-state index is 0.431. The molecule has 0 bridgehead atoms. The van der Waals surface area contributed by atoms with Gasteiger partial charge in [-0.3, -0.25) is 9.36 Å². The predicted molar refractivity (Wildman–Crippen MR) is 68.8 cm³/mol. The van der Waals surface area contributed by atoms with E-state index in [2.05, 4.69) is 5.09 Å². The predicted octanol–water partition coefficient (Wildman–Crippen LogP) is 1.72. The molecular weight excluding hydrogens is 269 g/mol. The van der Waals surface area contributed by atoms with Gasteiger partial charge in [0.1, 0.15) is 11.9 Å². The number of carbonyl (C=O) groups is 1. The maximum atomic E-state index is 12.2. The Morgan fingerprint density at radius 3 is 2.63 bits per heavy atom. The molecule has 7 heteroatoms. The lowest BCUT2D eigenvalue weighted by Crippen LogP contribution is -2.29. The number of nitrogens with one attached hydrogen (secondary N) is 1. The summed E-state index contributed by atoms with van der Waals surface area (Å²) >= 11 is 0. The molecule has 1 fully saturated rings. The van der Waals surface area contributed by atoms with Gasteiger partial charge in [0, 0.05) is 6.61 Å². The molecule has 1 aliphatic rings. The van der Waals surface area contributed by atoms with Crippen molar-refractivity contribution in [1.29, 1.82) is 0 Å². The molecule has 1 aromatic rings. The fourth-order valence-corrected chi connectivity index (χ4v) is 3.66. The van der Waals surface area contributed by atoms with Crippen molar-refractivity contribution in [3.05, 3.63) is 35.9 Å². The molecule has 0 saturated carbocycles. The molecule has 1 aliphatic heterocycles. The second kappa shape index (κ2) is 5.84. The van der Waals surface area contributed by atoms with E-state index in [1.54, 1.807) is 30.3 Å². The number of carboxylic acids is 1. The van der Waals surface area contributed by atoms with Crippen molar-refractivity contribution < 1.29 is 24.1 Å². The van der Waals surface area contributed by atoms with Crippen LogP contribution in [0.2, 0.25) is 0 Å². The van der Waals surface area contributed by atoms with Crippen LogP contribution in [0.4, 0.5) is 0 Å². The van der Waals surface area contributed by atoms with Gasteiger partial charge >= 0.3 is 5.97 Å². The molecule has 0 aliphatic carbocycles. The molecule has 2 rings (SSSR count). The topological polar surface area (TPSA) is 95.9 Å². The van der Waals surface area contributed by atoms with Gasteiger partial charge in [0.15, 0.2) is 0 Å². The zero-order valence-corrected chi connectivity index (χ0v) is 11.1. The lowest BCUT2D eigenvalue weighted by molar-refractivity contribution is -0.139. The fraction of sp³-hybridized carbons (Fsp3) is 0.417. The third-order valence-corrected chi connectivity index (χ3v) is 4.81. The first-order valence-electron chi connectivity index (χ1n) is 6.00. The molecule has 6 nitrogen and oxygen atoms in total. The number of carboxylic acid groups (broad SMARTS) is 1. The minimum Gasteiger partial charge on any atom is -0.480 e. The van der Waals surface area contributed by atoms with Gasteiger partial charge in [0.05, 0.1) is 0 Å². The largest absolute Gasteiger partial charge is 0.480 e. The Labute approximate surface area is 110 Å². The first-order valence-corrected chi connectivity index (χ1v) is 7.73. The Morgan fingerprint density at radius 1 is 1.42 bits per heavy atom. The zero-order chi connectivity index (χ0) is 13.9. The summed E-state index contributed by atoms with van der Waals surface area (Å²) in [5.74, 6) is -2.02.